The molecule has 2 heterocycles. The zero-order chi connectivity index (χ0) is 13.9. The van der Waals surface area contributed by atoms with Crippen LogP contribution >= 0.6 is 0 Å². The van der Waals surface area contributed by atoms with Gasteiger partial charge in [-0.1, -0.05) is 12.1 Å². The fourth-order valence-electron chi connectivity index (χ4n) is 2.61. The number of hydrogen-bond donors (Lipinski definition) is 1. The third-order valence-corrected chi connectivity index (χ3v) is 3.78. The largest absolute Gasteiger partial charge is 0.464 e. The molecule has 106 valence electrons. The predicted octanol–water partition coefficient (Wildman–Crippen LogP) is 2.04. The van der Waals surface area contributed by atoms with E-state index in [9.17, 15) is 4.79 Å². The van der Waals surface area contributed by atoms with Crippen molar-refractivity contribution < 1.29 is 14.6 Å². The fraction of sp³-hybridized carbons (Fsp3) is 0.400. The van der Waals surface area contributed by atoms with Crippen molar-refractivity contribution in [3.8, 4) is 0 Å². The highest BCUT2D eigenvalue weighted by atomic mass is 16.5. The Morgan fingerprint density at radius 1 is 1.25 bits per heavy atom. The number of morpholine rings is 1. The van der Waals surface area contributed by atoms with Crippen LogP contribution in [0.5, 0.6) is 0 Å². The van der Waals surface area contributed by atoms with Crippen LogP contribution in [0.15, 0.2) is 30.5 Å². The predicted molar refractivity (Wildman–Crippen MR) is 76.3 cm³/mol. The molecule has 1 aliphatic rings. The highest BCUT2D eigenvalue weighted by Gasteiger charge is 2.11. The SMILES string of the molecule is O=C(O)n1ccc2ccc(CCN3CCOCC3)cc21. The molecule has 0 amide bonds. The van der Waals surface area contributed by atoms with E-state index >= 15 is 0 Å². The average molecular weight is 274 g/mol. The number of hydrogen-bond acceptors (Lipinski definition) is 3. The van der Waals surface area contributed by atoms with Crippen LogP contribution in [-0.2, 0) is 11.2 Å². The summed E-state index contributed by atoms with van der Waals surface area (Å²) in [7, 11) is 0. The summed E-state index contributed by atoms with van der Waals surface area (Å²) in [4.78, 5) is 13.5. The van der Waals surface area contributed by atoms with Crippen LogP contribution in [-0.4, -0.2) is 53.5 Å². The van der Waals surface area contributed by atoms with Gasteiger partial charge in [0.2, 0.25) is 0 Å². The minimum atomic E-state index is -0.940. The number of fused-ring (bicyclic) bond motifs is 1. The summed E-state index contributed by atoms with van der Waals surface area (Å²) in [5, 5.41) is 10.1. The van der Waals surface area contributed by atoms with E-state index in [1.54, 1.807) is 6.20 Å². The molecule has 2 aromatic rings. The van der Waals surface area contributed by atoms with Crippen LogP contribution in [0.4, 0.5) is 4.79 Å². The lowest BCUT2D eigenvalue weighted by Crippen LogP contribution is -2.37. The van der Waals surface area contributed by atoms with Gasteiger partial charge < -0.3 is 9.84 Å². The summed E-state index contributed by atoms with van der Waals surface area (Å²) in [6, 6.07) is 7.87. The first-order valence-corrected chi connectivity index (χ1v) is 6.87. The van der Waals surface area contributed by atoms with Gasteiger partial charge in [0.1, 0.15) is 0 Å². The van der Waals surface area contributed by atoms with Crippen LogP contribution in [0, 0.1) is 0 Å². The van der Waals surface area contributed by atoms with E-state index in [4.69, 9.17) is 9.84 Å². The Morgan fingerprint density at radius 2 is 2.05 bits per heavy atom. The molecule has 0 radical (unpaired) electrons. The van der Waals surface area contributed by atoms with Crippen LogP contribution < -0.4 is 0 Å². The highest BCUT2D eigenvalue weighted by molar-refractivity contribution is 5.89. The van der Waals surface area contributed by atoms with Crippen molar-refractivity contribution in [2.75, 3.05) is 32.8 Å². The Bertz CT molecular complexity index is 615. The second-order valence-corrected chi connectivity index (χ2v) is 5.07. The first kappa shape index (κ1) is 13.1. The van der Waals surface area contributed by atoms with Gasteiger partial charge in [0.15, 0.2) is 0 Å². The number of benzene rings is 1. The lowest BCUT2D eigenvalue weighted by Gasteiger charge is -2.26. The molecule has 1 N–H and O–H groups in total. The van der Waals surface area contributed by atoms with Crippen molar-refractivity contribution >= 4 is 17.0 Å². The molecule has 0 saturated carbocycles. The first-order chi connectivity index (χ1) is 9.74. The number of ether oxygens (including phenoxy) is 1. The second kappa shape index (κ2) is 5.64. The molecular weight excluding hydrogens is 256 g/mol. The molecular formula is C15H18N2O3. The molecule has 5 heteroatoms. The molecule has 1 fully saturated rings. The summed E-state index contributed by atoms with van der Waals surface area (Å²) in [5.74, 6) is 0. The van der Waals surface area contributed by atoms with Crippen molar-refractivity contribution in [3.05, 3.63) is 36.0 Å². The molecule has 0 aliphatic carbocycles. The minimum Gasteiger partial charge on any atom is -0.464 e. The van der Waals surface area contributed by atoms with Gasteiger partial charge in [-0.3, -0.25) is 9.47 Å². The van der Waals surface area contributed by atoms with Gasteiger partial charge in [-0.25, -0.2) is 4.79 Å². The number of carbonyl (C=O) groups is 1. The smallest absolute Gasteiger partial charge is 0.415 e. The van der Waals surface area contributed by atoms with Crippen molar-refractivity contribution in [1.29, 1.82) is 0 Å². The van der Waals surface area contributed by atoms with Crippen molar-refractivity contribution in [2.45, 2.75) is 6.42 Å². The van der Waals surface area contributed by atoms with Crippen LogP contribution in [0.3, 0.4) is 0 Å². The topological polar surface area (TPSA) is 54.7 Å². The van der Waals surface area contributed by atoms with Crippen LogP contribution in [0.1, 0.15) is 5.56 Å². The van der Waals surface area contributed by atoms with Gasteiger partial charge in [-0.2, -0.15) is 0 Å². The van der Waals surface area contributed by atoms with E-state index in [1.165, 1.54) is 10.1 Å². The Hall–Kier alpha value is -1.85. The number of nitrogens with zero attached hydrogens (tertiary/aromatic N) is 2. The maximum atomic E-state index is 11.1. The summed E-state index contributed by atoms with van der Waals surface area (Å²) in [6.07, 6.45) is 1.59. The fourth-order valence-corrected chi connectivity index (χ4v) is 2.61. The van der Waals surface area contributed by atoms with Gasteiger partial charge in [-0.05, 0) is 24.1 Å². The van der Waals surface area contributed by atoms with E-state index in [1.807, 2.05) is 18.2 Å². The number of carboxylic acid groups (broad SMARTS) is 1. The van der Waals surface area contributed by atoms with Gasteiger partial charge in [0.25, 0.3) is 0 Å². The molecule has 5 nitrogen and oxygen atoms in total. The molecule has 20 heavy (non-hydrogen) atoms. The molecule has 0 spiro atoms. The maximum Gasteiger partial charge on any atom is 0.415 e. The van der Waals surface area contributed by atoms with E-state index in [2.05, 4.69) is 11.0 Å². The zero-order valence-corrected chi connectivity index (χ0v) is 11.3. The lowest BCUT2D eigenvalue weighted by molar-refractivity contribution is 0.0384. The molecule has 1 aromatic heterocycles. The molecule has 3 rings (SSSR count). The lowest BCUT2D eigenvalue weighted by atomic mass is 10.1. The van der Waals surface area contributed by atoms with E-state index in [0.717, 1.165) is 50.2 Å². The molecule has 1 aromatic carbocycles. The van der Waals surface area contributed by atoms with E-state index in [-0.39, 0.29) is 0 Å². The Morgan fingerprint density at radius 3 is 2.80 bits per heavy atom. The molecule has 0 unspecified atom stereocenters. The molecule has 1 saturated heterocycles. The average Bonchev–Trinajstić information content (AvgIpc) is 2.89. The Balaban J connectivity index is 1.74. The Kier molecular flexibility index (Phi) is 3.71. The Labute approximate surface area is 117 Å². The third-order valence-electron chi connectivity index (χ3n) is 3.78. The summed E-state index contributed by atoms with van der Waals surface area (Å²) in [6.45, 7) is 4.56. The maximum absolute atomic E-state index is 11.1. The number of aromatic nitrogens is 1. The van der Waals surface area contributed by atoms with Crippen molar-refractivity contribution in [3.63, 3.8) is 0 Å². The van der Waals surface area contributed by atoms with E-state index < -0.39 is 6.09 Å². The van der Waals surface area contributed by atoms with Gasteiger partial charge in [0.05, 0.1) is 18.7 Å². The minimum absolute atomic E-state index is 0.761. The normalized spacial score (nSPS) is 16.6. The number of rotatable bonds is 3. The van der Waals surface area contributed by atoms with Crippen LogP contribution in [0.2, 0.25) is 0 Å². The summed E-state index contributed by atoms with van der Waals surface area (Å²) < 4.78 is 6.60. The monoisotopic (exact) mass is 274 g/mol. The van der Waals surface area contributed by atoms with Gasteiger partial charge in [0, 0.05) is 31.2 Å². The summed E-state index contributed by atoms with van der Waals surface area (Å²) >= 11 is 0. The first-order valence-electron chi connectivity index (χ1n) is 6.87. The van der Waals surface area contributed by atoms with E-state index in [0.29, 0.717) is 0 Å². The quantitative estimate of drug-likeness (QED) is 0.930. The standard InChI is InChI=1S/C15H18N2O3/c18-15(19)17-6-4-13-2-1-12(11-14(13)17)3-5-16-7-9-20-10-8-16/h1-2,4,6,11H,3,5,7-10H2,(H,18,19). The zero-order valence-electron chi connectivity index (χ0n) is 11.3. The van der Waals surface area contributed by atoms with Gasteiger partial charge >= 0.3 is 6.09 Å². The second-order valence-electron chi connectivity index (χ2n) is 5.07. The van der Waals surface area contributed by atoms with Crippen molar-refractivity contribution in [2.24, 2.45) is 0 Å². The third kappa shape index (κ3) is 2.69. The highest BCUT2D eigenvalue weighted by Crippen LogP contribution is 2.18. The van der Waals surface area contributed by atoms with Crippen molar-refractivity contribution in [1.82, 2.24) is 9.47 Å². The summed E-state index contributed by atoms with van der Waals surface area (Å²) in [5.41, 5.74) is 1.93. The molecule has 0 bridgehead atoms. The molecule has 1 aliphatic heterocycles. The van der Waals surface area contributed by atoms with Gasteiger partial charge in [-0.15, -0.1) is 0 Å². The van der Waals surface area contributed by atoms with Crippen LogP contribution in [0.25, 0.3) is 10.9 Å². The molecule has 0 atom stereocenters.